The van der Waals surface area contributed by atoms with Crippen LogP contribution in [0.15, 0.2) is 36.4 Å². The highest BCUT2D eigenvalue weighted by Crippen LogP contribution is 2.24. The number of hydrogen-bond acceptors (Lipinski definition) is 4. The average Bonchev–Trinajstić information content (AvgIpc) is 2.48. The number of hydrazine groups is 1. The molecule has 0 atom stereocenters. The quantitative estimate of drug-likeness (QED) is 0.600. The highest BCUT2D eigenvalue weighted by atomic mass is 35.5. The minimum atomic E-state index is -0.275. The SMILES string of the molecule is Cc1cc(NN)ccc1C(=O)Nc1ccc(C#N)cc1Cl. The number of aryl methyl sites for hydroxylation is 1. The summed E-state index contributed by atoms with van der Waals surface area (Å²) in [5, 5.41) is 11.8. The zero-order chi connectivity index (χ0) is 15.4. The van der Waals surface area contributed by atoms with Gasteiger partial charge < -0.3 is 10.7 Å². The van der Waals surface area contributed by atoms with Gasteiger partial charge in [-0.1, -0.05) is 11.6 Å². The number of nitriles is 1. The number of benzene rings is 2. The Morgan fingerprint density at radius 1 is 1.29 bits per heavy atom. The molecule has 0 fully saturated rings. The molecule has 106 valence electrons. The summed E-state index contributed by atoms with van der Waals surface area (Å²) in [4.78, 5) is 12.3. The van der Waals surface area contributed by atoms with Crippen LogP contribution < -0.4 is 16.6 Å². The summed E-state index contributed by atoms with van der Waals surface area (Å²) in [6, 6.07) is 11.8. The zero-order valence-corrected chi connectivity index (χ0v) is 12.0. The number of halogens is 1. The van der Waals surface area contributed by atoms with Gasteiger partial charge in [-0.05, 0) is 48.9 Å². The topological polar surface area (TPSA) is 90.9 Å². The van der Waals surface area contributed by atoms with Gasteiger partial charge in [0.05, 0.1) is 22.3 Å². The van der Waals surface area contributed by atoms with Crippen molar-refractivity contribution in [2.24, 2.45) is 5.84 Å². The van der Waals surface area contributed by atoms with Crippen LogP contribution in [0.25, 0.3) is 0 Å². The van der Waals surface area contributed by atoms with Gasteiger partial charge in [-0.2, -0.15) is 5.26 Å². The van der Waals surface area contributed by atoms with Crippen LogP contribution in [0.3, 0.4) is 0 Å². The first-order chi connectivity index (χ1) is 10.0. The van der Waals surface area contributed by atoms with Crippen molar-refractivity contribution >= 4 is 28.9 Å². The first-order valence-corrected chi connectivity index (χ1v) is 6.51. The molecule has 0 spiro atoms. The molecule has 0 aliphatic heterocycles. The molecule has 2 aromatic rings. The van der Waals surface area contributed by atoms with Gasteiger partial charge in [0.25, 0.3) is 5.91 Å². The van der Waals surface area contributed by atoms with Gasteiger partial charge in [0.2, 0.25) is 0 Å². The van der Waals surface area contributed by atoms with E-state index in [0.717, 1.165) is 11.3 Å². The van der Waals surface area contributed by atoms with Crippen LogP contribution >= 0.6 is 11.6 Å². The molecule has 2 aromatic carbocycles. The Kier molecular flexibility index (Phi) is 4.43. The number of amides is 1. The number of carbonyl (C=O) groups excluding carboxylic acids is 1. The van der Waals surface area contributed by atoms with Crippen LogP contribution in [-0.2, 0) is 0 Å². The lowest BCUT2D eigenvalue weighted by Gasteiger charge is -2.10. The molecule has 4 N–H and O–H groups in total. The molecule has 0 aromatic heterocycles. The summed E-state index contributed by atoms with van der Waals surface area (Å²) in [5.74, 6) is 5.05. The minimum absolute atomic E-state index is 0.275. The van der Waals surface area contributed by atoms with Crippen molar-refractivity contribution in [1.82, 2.24) is 0 Å². The van der Waals surface area contributed by atoms with Crippen molar-refractivity contribution < 1.29 is 4.79 Å². The van der Waals surface area contributed by atoms with Crippen molar-refractivity contribution in [2.45, 2.75) is 6.92 Å². The van der Waals surface area contributed by atoms with E-state index in [2.05, 4.69) is 10.7 Å². The van der Waals surface area contributed by atoms with Crippen LogP contribution in [0.1, 0.15) is 21.5 Å². The molecule has 2 rings (SSSR count). The summed E-state index contributed by atoms with van der Waals surface area (Å²) in [6.07, 6.45) is 0. The number of nitrogens with two attached hydrogens (primary N) is 1. The van der Waals surface area contributed by atoms with Crippen molar-refractivity contribution in [3.8, 4) is 6.07 Å². The fourth-order valence-corrected chi connectivity index (χ4v) is 2.11. The monoisotopic (exact) mass is 300 g/mol. The van der Waals surface area contributed by atoms with Gasteiger partial charge in [-0.3, -0.25) is 10.6 Å². The van der Waals surface area contributed by atoms with Gasteiger partial charge in [0.1, 0.15) is 0 Å². The lowest BCUT2D eigenvalue weighted by atomic mass is 10.1. The van der Waals surface area contributed by atoms with Gasteiger partial charge in [-0.15, -0.1) is 0 Å². The van der Waals surface area contributed by atoms with E-state index in [1.54, 1.807) is 30.3 Å². The number of nitrogens with zero attached hydrogens (tertiary/aromatic N) is 1. The Labute approximate surface area is 127 Å². The van der Waals surface area contributed by atoms with Gasteiger partial charge in [0, 0.05) is 11.3 Å². The summed E-state index contributed by atoms with van der Waals surface area (Å²) < 4.78 is 0. The molecule has 0 bridgehead atoms. The predicted molar refractivity (Wildman–Crippen MR) is 83.1 cm³/mol. The first kappa shape index (κ1) is 14.9. The lowest BCUT2D eigenvalue weighted by Crippen LogP contribution is -2.14. The summed E-state index contributed by atoms with van der Waals surface area (Å²) in [6.45, 7) is 1.82. The maximum absolute atomic E-state index is 12.3. The fraction of sp³-hybridized carbons (Fsp3) is 0.0667. The van der Waals surface area contributed by atoms with Crippen molar-refractivity contribution in [1.29, 1.82) is 5.26 Å². The second-order valence-electron chi connectivity index (χ2n) is 4.43. The molecule has 0 unspecified atom stereocenters. The van der Waals surface area contributed by atoms with E-state index in [9.17, 15) is 4.79 Å². The molecule has 0 saturated heterocycles. The maximum atomic E-state index is 12.3. The summed E-state index contributed by atoms with van der Waals surface area (Å²) >= 11 is 6.03. The third-order valence-electron chi connectivity index (χ3n) is 2.98. The standard InChI is InChI=1S/C15H13ClN4O/c1-9-6-11(20-18)3-4-12(9)15(21)19-14-5-2-10(8-17)7-13(14)16/h2-7,20H,18H2,1H3,(H,19,21). The second kappa shape index (κ2) is 6.27. The van der Waals surface area contributed by atoms with Crippen molar-refractivity contribution in [3.05, 3.63) is 58.1 Å². The predicted octanol–water partition coefficient (Wildman–Crippen LogP) is 3.06. The van der Waals surface area contributed by atoms with Crippen LogP contribution in [-0.4, -0.2) is 5.91 Å². The van der Waals surface area contributed by atoms with Crippen LogP contribution in [0.4, 0.5) is 11.4 Å². The van der Waals surface area contributed by atoms with Gasteiger partial charge >= 0.3 is 0 Å². The molecule has 5 nitrogen and oxygen atoms in total. The minimum Gasteiger partial charge on any atom is -0.324 e. The zero-order valence-electron chi connectivity index (χ0n) is 11.3. The Hall–Kier alpha value is -2.55. The Balaban J connectivity index is 2.24. The number of nitrogens with one attached hydrogen (secondary N) is 2. The first-order valence-electron chi connectivity index (χ1n) is 6.13. The number of rotatable bonds is 3. The smallest absolute Gasteiger partial charge is 0.255 e. The van der Waals surface area contributed by atoms with Crippen LogP contribution in [0.2, 0.25) is 5.02 Å². The number of carbonyl (C=O) groups is 1. The number of anilines is 2. The molecule has 0 saturated carbocycles. The lowest BCUT2D eigenvalue weighted by molar-refractivity contribution is 0.102. The second-order valence-corrected chi connectivity index (χ2v) is 4.84. The third-order valence-corrected chi connectivity index (χ3v) is 3.30. The van der Waals surface area contributed by atoms with E-state index in [-0.39, 0.29) is 5.91 Å². The molecular weight excluding hydrogens is 288 g/mol. The summed E-state index contributed by atoms with van der Waals surface area (Å²) in [7, 11) is 0. The number of nitrogen functional groups attached to an aromatic ring is 1. The molecule has 6 heteroatoms. The fourth-order valence-electron chi connectivity index (χ4n) is 1.88. The maximum Gasteiger partial charge on any atom is 0.255 e. The van der Waals surface area contributed by atoms with Crippen LogP contribution in [0, 0.1) is 18.3 Å². The van der Waals surface area contributed by atoms with E-state index in [1.165, 1.54) is 6.07 Å². The van der Waals surface area contributed by atoms with E-state index >= 15 is 0 Å². The van der Waals surface area contributed by atoms with E-state index in [4.69, 9.17) is 22.7 Å². The Morgan fingerprint density at radius 2 is 2.05 bits per heavy atom. The highest BCUT2D eigenvalue weighted by molar-refractivity contribution is 6.34. The van der Waals surface area contributed by atoms with E-state index in [0.29, 0.717) is 21.8 Å². The Morgan fingerprint density at radius 3 is 2.62 bits per heavy atom. The summed E-state index contributed by atoms with van der Waals surface area (Å²) in [5.41, 5.74) is 5.45. The largest absolute Gasteiger partial charge is 0.324 e. The number of hydrogen-bond donors (Lipinski definition) is 3. The average molecular weight is 301 g/mol. The Bertz CT molecular complexity index is 737. The molecule has 1 amide bonds. The van der Waals surface area contributed by atoms with E-state index < -0.39 is 0 Å². The molecule has 21 heavy (non-hydrogen) atoms. The van der Waals surface area contributed by atoms with E-state index in [1.807, 2.05) is 13.0 Å². The molecule has 0 aliphatic carbocycles. The molecule has 0 radical (unpaired) electrons. The van der Waals surface area contributed by atoms with Crippen molar-refractivity contribution in [3.63, 3.8) is 0 Å². The normalized spacial score (nSPS) is 9.81. The van der Waals surface area contributed by atoms with Crippen LogP contribution in [0.5, 0.6) is 0 Å². The van der Waals surface area contributed by atoms with Crippen molar-refractivity contribution in [2.75, 3.05) is 10.7 Å². The molecule has 0 heterocycles. The molecule has 0 aliphatic rings. The highest BCUT2D eigenvalue weighted by Gasteiger charge is 2.11. The third kappa shape index (κ3) is 3.31. The molecular formula is C15H13ClN4O. The van der Waals surface area contributed by atoms with Gasteiger partial charge in [-0.25, -0.2) is 0 Å². The van der Waals surface area contributed by atoms with Gasteiger partial charge in [0.15, 0.2) is 0 Å².